The third kappa shape index (κ3) is 5.81. The zero-order valence-corrected chi connectivity index (χ0v) is 24.6. The normalized spacial score (nSPS) is 16.9. The summed E-state index contributed by atoms with van der Waals surface area (Å²) >= 11 is 0. The van der Waals surface area contributed by atoms with E-state index >= 15 is 0 Å². The number of carbonyl (C=O) groups is 1. The van der Waals surface area contributed by atoms with Gasteiger partial charge in [-0.15, -0.1) is 0 Å². The Labute approximate surface area is 253 Å². The van der Waals surface area contributed by atoms with Crippen molar-refractivity contribution in [1.29, 1.82) is 0 Å². The number of halogens is 2. The predicted octanol–water partition coefficient (Wildman–Crippen LogP) is 4.26. The summed E-state index contributed by atoms with van der Waals surface area (Å²) in [5, 5.41) is 12.1. The molecule has 0 radical (unpaired) electrons. The number of carbonyl (C=O) groups excluding carboxylic acids is 2. The minimum absolute atomic E-state index is 0.103. The second kappa shape index (κ2) is 12.2. The molecule has 1 saturated heterocycles. The number of likely N-dealkylation sites (N-methyl/N-ethyl adjacent to an activating group) is 1. The zero-order chi connectivity index (χ0) is 31.0. The number of aromatic nitrogens is 2. The van der Waals surface area contributed by atoms with Gasteiger partial charge in [0.25, 0.3) is 5.91 Å². The van der Waals surface area contributed by atoms with Crippen LogP contribution in [-0.4, -0.2) is 78.3 Å². The van der Waals surface area contributed by atoms with E-state index < -0.39 is 23.6 Å². The fourth-order valence-corrected chi connectivity index (χ4v) is 6.19. The summed E-state index contributed by atoms with van der Waals surface area (Å²) < 4.78 is 33.3. The molecule has 1 aromatic heterocycles. The molecule has 11 heteroatoms. The van der Waals surface area contributed by atoms with Crippen LogP contribution < -0.4 is 11.1 Å². The van der Waals surface area contributed by atoms with Crippen LogP contribution in [-0.2, 0) is 16.0 Å². The molecule has 1 fully saturated rings. The topological polar surface area (TPSA) is 117 Å². The molecule has 2 aliphatic heterocycles. The number of aromatic amines is 1. The molecule has 3 aromatic carbocycles. The fourth-order valence-electron chi connectivity index (χ4n) is 6.19. The van der Waals surface area contributed by atoms with Crippen molar-refractivity contribution in [2.45, 2.75) is 31.3 Å². The number of benzene rings is 3. The van der Waals surface area contributed by atoms with E-state index in [9.17, 15) is 18.4 Å². The molecule has 228 valence electrons. The summed E-state index contributed by atoms with van der Waals surface area (Å²) in [4.78, 5) is 29.3. The van der Waals surface area contributed by atoms with Crippen LogP contribution in [0.2, 0.25) is 0 Å². The van der Waals surface area contributed by atoms with Gasteiger partial charge in [0.1, 0.15) is 23.4 Å². The Morgan fingerprint density at radius 2 is 1.86 bits per heavy atom. The molecule has 4 N–H and O–H groups in total. The van der Waals surface area contributed by atoms with Crippen LogP contribution in [0.5, 0.6) is 0 Å². The monoisotopic (exact) mass is 600 g/mol. The number of nitrogens with one attached hydrogen (secondary N) is 2. The lowest BCUT2D eigenvalue weighted by atomic mass is 9.94. The Bertz CT molecular complexity index is 1750. The molecule has 2 aliphatic rings. The molecule has 44 heavy (non-hydrogen) atoms. The van der Waals surface area contributed by atoms with E-state index in [2.05, 4.69) is 16.4 Å². The van der Waals surface area contributed by atoms with Gasteiger partial charge in [-0.2, -0.15) is 5.10 Å². The van der Waals surface area contributed by atoms with Crippen LogP contribution in [0, 0.1) is 11.6 Å². The quantitative estimate of drug-likeness (QED) is 0.246. The van der Waals surface area contributed by atoms with Crippen LogP contribution in [0.3, 0.4) is 0 Å². The maximum atomic E-state index is 13.9. The smallest absolute Gasteiger partial charge is 0.250 e. The number of hydrogen-bond donors (Lipinski definition) is 3. The van der Waals surface area contributed by atoms with E-state index in [1.165, 1.54) is 12.1 Å². The molecule has 9 nitrogen and oxygen atoms in total. The van der Waals surface area contributed by atoms with Crippen molar-refractivity contribution >= 4 is 34.1 Å². The Balaban J connectivity index is 1.46. The summed E-state index contributed by atoms with van der Waals surface area (Å²) in [7, 11) is 3.91. The van der Waals surface area contributed by atoms with Gasteiger partial charge >= 0.3 is 0 Å². The molecule has 1 atom stereocenters. The number of amides is 1. The fraction of sp³-hybridized carbons (Fsp3) is 0.333. The highest BCUT2D eigenvalue weighted by atomic mass is 19.1. The average Bonchev–Trinajstić information content (AvgIpc) is 3.52. The van der Waals surface area contributed by atoms with Gasteiger partial charge in [0.05, 0.1) is 16.8 Å². The van der Waals surface area contributed by atoms with Gasteiger partial charge in [-0.25, -0.2) is 13.6 Å². The summed E-state index contributed by atoms with van der Waals surface area (Å²) in [6, 6.07) is 12.4. The van der Waals surface area contributed by atoms with E-state index in [0.29, 0.717) is 66.5 Å². The Kier molecular flexibility index (Phi) is 8.18. The number of fused-ring (bicyclic) bond motifs is 2. The Morgan fingerprint density at radius 1 is 1.11 bits per heavy atom. The van der Waals surface area contributed by atoms with Crippen molar-refractivity contribution in [3.8, 4) is 0 Å². The van der Waals surface area contributed by atoms with E-state index in [-0.39, 0.29) is 6.04 Å². The number of nitrogens with two attached hydrogens (primary N) is 1. The molecular weight excluding hydrogens is 566 g/mol. The largest absolute Gasteiger partial charge is 0.381 e. The molecule has 0 saturated carbocycles. The first-order valence-electron chi connectivity index (χ1n) is 14.6. The minimum Gasteiger partial charge on any atom is -0.381 e. The molecule has 1 unspecified atom stereocenters. The zero-order valence-electron chi connectivity index (χ0n) is 24.6. The van der Waals surface area contributed by atoms with Gasteiger partial charge in [-0.05, 0) is 86.4 Å². The highest BCUT2D eigenvalue weighted by Crippen LogP contribution is 2.47. The van der Waals surface area contributed by atoms with E-state index in [1.54, 1.807) is 6.07 Å². The van der Waals surface area contributed by atoms with Gasteiger partial charge in [0.15, 0.2) is 5.94 Å². The first-order valence-corrected chi connectivity index (χ1v) is 14.6. The van der Waals surface area contributed by atoms with Crippen molar-refractivity contribution in [2.24, 2.45) is 5.73 Å². The first-order chi connectivity index (χ1) is 21.2. The summed E-state index contributed by atoms with van der Waals surface area (Å²) in [6.07, 6.45) is 1.88. The van der Waals surface area contributed by atoms with E-state index in [0.717, 1.165) is 40.9 Å². The molecule has 0 aliphatic carbocycles. The van der Waals surface area contributed by atoms with E-state index in [1.807, 2.05) is 48.2 Å². The van der Waals surface area contributed by atoms with Crippen molar-refractivity contribution in [1.82, 2.24) is 20.0 Å². The molecule has 6 rings (SSSR count). The lowest BCUT2D eigenvalue weighted by Crippen LogP contribution is -2.31. The van der Waals surface area contributed by atoms with Crippen LogP contribution in [0.1, 0.15) is 57.2 Å². The van der Waals surface area contributed by atoms with Gasteiger partial charge in [-0.1, -0.05) is 6.07 Å². The van der Waals surface area contributed by atoms with Gasteiger partial charge in [0, 0.05) is 55.0 Å². The van der Waals surface area contributed by atoms with Gasteiger partial charge < -0.3 is 25.6 Å². The standard InChI is InChI=1S/C33H34F2N6O3/c1-40(2)7-8-41-30(18-42)24-17-29(37-23-5-9-44-10-6-23)27(33(36)43)16-25(24)32(41)31-26-14-19(3-4-28(26)38-39-31)11-20-12-21(34)15-22(35)13-20/h3-4,12-17,23,32,37H,5-11H2,1-2H3,(H2,36,43)(H,38,39). The average molecular weight is 601 g/mol. The number of H-pyrrole nitrogens is 1. The Morgan fingerprint density at radius 3 is 2.55 bits per heavy atom. The van der Waals surface area contributed by atoms with E-state index in [4.69, 9.17) is 15.6 Å². The molecule has 1 amide bonds. The number of ether oxygens (including phenoxy) is 1. The number of nitrogens with zero attached hydrogens (tertiary/aromatic N) is 3. The third-order valence-electron chi connectivity index (χ3n) is 8.32. The van der Waals surface area contributed by atoms with Crippen molar-refractivity contribution < 1.29 is 23.1 Å². The Hall–Kier alpha value is -4.57. The SMILES string of the molecule is CN(C)CCN1C(=C=O)c2cc(NC3CCOCC3)c(C(N)=O)cc2C1c1n[nH]c2ccc(Cc3cc(F)cc(F)c3)cc12. The second-order valence-corrected chi connectivity index (χ2v) is 11.7. The summed E-state index contributed by atoms with van der Waals surface area (Å²) in [6.45, 7) is 2.37. The third-order valence-corrected chi connectivity index (χ3v) is 8.32. The van der Waals surface area contributed by atoms with Gasteiger partial charge in [-0.3, -0.25) is 9.89 Å². The van der Waals surface area contributed by atoms with Crippen LogP contribution in [0.25, 0.3) is 16.6 Å². The highest BCUT2D eigenvalue weighted by molar-refractivity contribution is 6.02. The maximum Gasteiger partial charge on any atom is 0.250 e. The van der Waals surface area contributed by atoms with Crippen molar-refractivity contribution in [2.75, 3.05) is 45.7 Å². The number of anilines is 1. The summed E-state index contributed by atoms with van der Waals surface area (Å²) in [5.74, 6) is 0.324. The minimum atomic E-state index is -0.631. The molecule has 0 spiro atoms. The molecule has 3 heterocycles. The number of primary amides is 1. The van der Waals surface area contributed by atoms with Crippen LogP contribution in [0.4, 0.5) is 14.5 Å². The number of rotatable bonds is 9. The van der Waals surface area contributed by atoms with Crippen molar-refractivity contribution in [3.05, 3.63) is 93.7 Å². The molecule has 4 aromatic rings. The second-order valence-electron chi connectivity index (χ2n) is 11.7. The lowest BCUT2D eigenvalue weighted by molar-refractivity contribution is 0.0904. The summed E-state index contributed by atoms with van der Waals surface area (Å²) in [5.41, 5.74) is 11.3. The maximum absolute atomic E-state index is 13.9. The highest BCUT2D eigenvalue weighted by Gasteiger charge is 2.39. The van der Waals surface area contributed by atoms with Crippen molar-refractivity contribution in [3.63, 3.8) is 0 Å². The van der Waals surface area contributed by atoms with Gasteiger partial charge in [0.2, 0.25) is 0 Å². The predicted molar refractivity (Wildman–Crippen MR) is 164 cm³/mol. The first kappa shape index (κ1) is 29.5. The molecular formula is C33H34F2N6O3. The number of hydrogen-bond acceptors (Lipinski definition) is 7. The van der Waals surface area contributed by atoms with Crippen LogP contribution in [0.15, 0.2) is 48.5 Å². The lowest BCUT2D eigenvalue weighted by Gasteiger charge is -2.27. The molecule has 0 bridgehead atoms. The van der Waals surface area contributed by atoms with Crippen LogP contribution >= 0.6 is 0 Å².